The van der Waals surface area contributed by atoms with Crippen molar-refractivity contribution in [1.29, 1.82) is 0 Å². The lowest BCUT2D eigenvalue weighted by Crippen LogP contribution is -2.30. The van der Waals surface area contributed by atoms with E-state index in [1.807, 2.05) is 0 Å². The second kappa shape index (κ2) is 63.6. The van der Waals surface area contributed by atoms with Gasteiger partial charge < -0.3 is 14.2 Å². The number of allylic oxidation sites excluding steroid dienone is 26. The Morgan fingerprint density at radius 1 is 0.260 bits per heavy atom. The van der Waals surface area contributed by atoms with Crippen LogP contribution in [-0.2, 0) is 28.6 Å². The molecule has 6 heteroatoms. The zero-order valence-corrected chi connectivity index (χ0v) is 49.4. The van der Waals surface area contributed by atoms with E-state index in [-0.39, 0.29) is 31.1 Å². The summed E-state index contributed by atoms with van der Waals surface area (Å²) in [7, 11) is 0. The van der Waals surface area contributed by atoms with E-state index in [0.29, 0.717) is 19.3 Å². The lowest BCUT2D eigenvalue weighted by molar-refractivity contribution is -0.167. The maximum absolute atomic E-state index is 12.9. The van der Waals surface area contributed by atoms with Gasteiger partial charge in [0.15, 0.2) is 6.10 Å². The zero-order valence-electron chi connectivity index (χ0n) is 49.4. The van der Waals surface area contributed by atoms with Gasteiger partial charge in [-0.3, -0.25) is 14.4 Å². The topological polar surface area (TPSA) is 78.9 Å². The van der Waals surface area contributed by atoms with Gasteiger partial charge in [-0.05, 0) is 141 Å². The van der Waals surface area contributed by atoms with Gasteiger partial charge in [0.25, 0.3) is 0 Å². The smallest absolute Gasteiger partial charge is 0.306 e. The van der Waals surface area contributed by atoms with Crippen LogP contribution < -0.4 is 0 Å². The van der Waals surface area contributed by atoms with Crippen molar-refractivity contribution in [1.82, 2.24) is 0 Å². The number of carbonyl (C=O) groups excluding carboxylic acids is 3. The second-order valence-corrected chi connectivity index (χ2v) is 19.8. The summed E-state index contributed by atoms with van der Waals surface area (Å²) in [6, 6.07) is 0. The standard InChI is InChI=1S/C71H112O6/c1-4-7-10-13-16-19-22-25-28-31-32-33-34-35-36-37-38-41-43-46-49-52-55-58-61-64-70(73)76-67-68(77-71(74)65-62-59-56-53-50-47-44-40-30-27-24-21-18-15-12-9-6-3)66-75-69(72)63-60-57-54-51-48-45-42-39-29-26-23-20-17-14-11-8-5-2/h7-12,16-21,25-30,32-33,35-36,38,41,46,49,68H,4-6,13-15,22-24,31,34,37,39-40,42-45,47-48,50-67H2,1-3H3/b10-7-,11-8-,12-9-,19-16-,20-17-,21-18-,28-25-,29-26-,30-27-,33-32-,36-35-,41-38-,49-46-. The number of hydrogen-bond acceptors (Lipinski definition) is 6. The molecule has 432 valence electrons. The van der Waals surface area contributed by atoms with Crippen LogP contribution in [-0.4, -0.2) is 37.2 Å². The molecular formula is C71H112O6. The predicted molar refractivity (Wildman–Crippen MR) is 334 cm³/mol. The number of rotatable bonds is 54. The first-order chi connectivity index (χ1) is 38.0. The predicted octanol–water partition coefficient (Wildman–Crippen LogP) is 21.3. The van der Waals surface area contributed by atoms with Crippen LogP contribution in [0.25, 0.3) is 0 Å². The van der Waals surface area contributed by atoms with Crippen LogP contribution >= 0.6 is 0 Å². The Morgan fingerprint density at radius 3 is 0.740 bits per heavy atom. The minimum Gasteiger partial charge on any atom is -0.462 e. The molecule has 0 aromatic heterocycles. The maximum atomic E-state index is 12.9. The van der Waals surface area contributed by atoms with Crippen LogP contribution in [0, 0.1) is 0 Å². The third-order valence-corrected chi connectivity index (χ3v) is 12.5. The average molecular weight is 1060 g/mol. The Balaban J connectivity index is 4.50. The molecular weight excluding hydrogens is 949 g/mol. The fourth-order valence-corrected chi connectivity index (χ4v) is 7.98. The quantitative estimate of drug-likeness (QED) is 0.0261. The summed E-state index contributed by atoms with van der Waals surface area (Å²) in [6.07, 6.45) is 92.3. The van der Waals surface area contributed by atoms with E-state index in [1.165, 1.54) is 44.9 Å². The molecule has 0 amide bonds. The van der Waals surface area contributed by atoms with Gasteiger partial charge in [-0.25, -0.2) is 0 Å². The molecule has 0 radical (unpaired) electrons. The summed E-state index contributed by atoms with van der Waals surface area (Å²) in [5, 5.41) is 0. The van der Waals surface area contributed by atoms with Crippen molar-refractivity contribution in [3.05, 3.63) is 158 Å². The Hall–Kier alpha value is -4.97. The highest BCUT2D eigenvalue weighted by molar-refractivity contribution is 5.71. The van der Waals surface area contributed by atoms with Crippen molar-refractivity contribution in [2.24, 2.45) is 0 Å². The first kappa shape index (κ1) is 72.0. The summed E-state index contributed by atoms with van der Waals surface area (Å²) in [5.74, 6) is -0.962. The third-order valence-electron chi connectivity index (χ3n) is 12.5. The Labute approximate surface area is 473 Å². The molecule has 6 nitrogen and oxygen atoms in total. The van der Waals surface area contributed by atoms with E-state index in [1.54, 1.807) is 0 Å². The first-order valence-electron chi connectivity index (χ1n) is 31.0. The van der Waals surface area contributed by atoms with Crippen LogP contribution in [0.1, 0.15) is 252 Å². The van der Waals surface area contributed by atoms with E-state index in [0.717, 1.165) is 167 Å². The number of unbranched alkanes of at least 4 members (excludes halogenated alkanes) is 17. The van der Waals surface area contributed by atoms with Gasteiger partial charge in [-0.15, -0.1) is 0 Å². The highest BCUT2D eigenvalue weighted by atomic mass is 16.6. The molecule has 0 aliphatic carbocycles. The van der Waals surface area contributed by atoms with Gasteiger partial charge in [0.05, 0.1) is 0 Å². The molecule has 0 fully saturated rings. The molecule has 0 bridgehead atoms. The molecule has 0 aliphatic rings. The van der Waals surface area contributed by atoms with E-state index in [2.05, 4.69) is 179 Å². The molecule has 0 heterocycles. The number of hydrogen-bond donors (Lipinski definition) is 0. The van der Waals surface area contributed by atoms with Crippen molar-refractivity contribution < 1.29 is 28.6 Å². The highest BCUT2D eigenvalue weighted by Crippen LogP contribution is 2.14. The van der Waals surface area contributed by atoms with Crippen LogP contribution in [0.5, 0.6) is 0 Å². The van der Waals surface area contributed by atoms with E-state index in [4.69, 9.17) is 14.2 Å². The molecule has 0 rings (SSSR count). The monoisotopic (exact) mass is 1060 g/mol. The summed E-state index contributed by atoms with van der Waals surface area (Å²) >= 11 is 0. The Kier molecular flexibility index (Phi) is 59.5. The SMILES string of the molecule is CC/C=C\C/C=C\C/C=C\C/C=C\C/C=C\C/C=C\C/C=C\CCCCCC(=O)OCC(COC(=O)CCCCCCCCC/C=C\C/C=C\C/C=C\CC)OC(=O)CCCCCCCCC/C=C\C/C=C\C/C=C\CC. The minimum atomic E-state index is -0.811. The molecule has 0 aromatic rings. The molecule has 0 saturated carbocycles. The number of esters is 3. The van der Waals surface area contributed by atoms with Crippen molar-refractivity contribution in [2.75, 3.05) is 13.2 Å². The van der Waals surface area contributed by atoms with Gasteiger partial charge in [-0.1, -0.05) is 249 Å². The fraction of sp³-hybridized carbons (Fsp3) is 0.592. The minimum absolute atomic E-state index is 0.105. The Morgan fingerprint density at radius 2 is 0.468 bits per heavy atom. The van der Waals surface area contributed by atoms with Crippen LogP contribution in [0.2, 0.25) is 0 Å². The maximum Gasteiger partial charge on any atom is 0.306 e. The molecule has 77 heavy (non-hydrogen) atoms. The summed E-state index contributed by atoms with van der Waals surface area (Å²) in [6.45, 7) is 6.26. The van der Waals surface area contributed by atoms with E-state index < -0.39 is 6.10 Å². The van der Waals surface area contributed by atoms with Gasteiger partial charge in [-0.2, -0.15) is 0 Å². The summed E-state index contributed by atoms with van der Waals surface area (Å²) in [4.78, 5) is 38.3. The van der Waals surface area contributed by atoms with Crippen LogP contribution in [0.3, 0.4) is 0 Å². The van der Waals surface area contributed by atoms with Crippen molar-refractivity contribution >= 4 is 17.9 Å². The van der Waals surface area contributed by atoms with Gasteiger partial charge in [0, 0.05) is 19.3 Å². The molecule has 1 atom stereocenters. The van der Waals surface area contributed by atoms with Gasteiger partial charge in [0.1, 0.15) is 13.2 Å². The number of carbonyl (C=O) groups is 3. The second-order valence-electron chi connectivity index (χ2n) is 19.8. The molecule has 1 unspecified atom stereocenters. The van der Waals surface area contributed by atoms with Crippen molar-refractivity contribution in [3.8, 4) is 0 Å². The van der Waals surface area contributed by atoms with E-state index >= 15 is 0 Å². The zero-order chi connectivity index (χ0) is 55.7. The molecule has 0 N–H and O–H groups in total. The lowest BCUT2D eigenvalue weighted by atomic mass is 10.1. The van der Waals surface area contributed by atoms with Crippen LogP contribution in [0.15, 0.2) is 158 Å². The van der Waals surface area contributed by atoms with Gasteiger partial charge in [0.2, 0.25) is 0 Å². The van der Waals surface area contributed by atoms with E-state index in [9.17, 15) is 14.4 Å². The largest absolute Gasteiger partial charge is 0.462 e. The van der Waals surface area contributed by atoms with Gasteiger partial charge >= 0.3 is 17.9 Å². The third kappa shape index (κ3) is 61.8. The van der Waals surface area contributed by atoms with Crippen molar-refractivity contribution in [3.63, 3.8) is 0 Å². The van der Waals surface area contributed by atoms with Crippen LogP contribution in [0.4, 0.5) is 0 Å². The molecule has 0 aliphatic heterocycles. The van der Waals surface area contributed by atoms with Crippen molar-refractivity contribution in [2.45, 2.75) is 258 Å². The summed E-state index contributed by atoms with van der Waals surface area (Å²) < 4.78 is 16.9. The molecule has 0 aromatic carbocycles. The highest BCUT2D eigenvalue weighted by Gasteiger charge is 2.19. The molecule has 0 spiro atoms. The summed E-state index contributed by atoms with van der Waals surface area (Å²) in [5.41, 5.74) is 0. The fourth-order valence-electron chi connectivity index (χ4n) is 7.98. The molecule has 0 saturated heterocycles. The Bertz CT molecular complexity index is 1740. The lowest BCUT2D eigenvalue weighted by Gasteiger charge is -2.18. The normalized spacial score (nSPS) is 13.2. The first-order valence-corrected chi connectivity index (χ1v) is 31.0. The average Bonchev–Trinajstić information content (AvgIpc) is 3.43. The number of ether oxygens (including phenoxy) is 3.